The molecule has 5 nitrogen and oxygen atoms in total. The fourth-order valence-corrected chi connectivity index (χ4v) is 3.64. The summed E-state index contributed by atoms with van der Waals surface area (Å²) in [6.45, 7) is 4.70. The zero-order valence-corrected chi connectivity index (χ0v) is 12.5. The van der Waals surface area contributed by atoms with E-state index in [9.17, 15) is 14.7 Å². The van der Waals surface area contributed by atoms with E-state index in [1.165, 1.54) is 6.42 Å². The third-order valence-electron chi connectivity index (χ3n) is 4.55. The van der Waals surface area contributed by atoms with E-state index in [2.05, 4.69) is 5.32 Å². The molecule has 0 aromatic rings. The lowest BCUT2D eigenvalue weighted by Gasteiger charge is -2.33. The fourth-order valence-electron chi connectivity index (χ4n) is 3.64. The molecular formula is C15H26N2O3. The van der Waals surface area contributed by atoms with Gasteiger partial charge in [0.2, 0.25) is 5.91 Å². The van der Waals surface area contributed by atoms with Crippen LogP contribution in [-0.4, -0.2) is 46.6 Å². The second kappa shape index (κ2) is 6.57. The van der Waals surface area contributed by atoms with Gasteiger partial charge in [-0.2, -0.15) is 0 Å². The number of hydrogen-bond acceptors (Lipinski definition) is 3. The van der Waals surface area contributed by atoms with Crippen molar-refractivity contribution in [2.75, 3.05) is 6.54 Å². The van der Waals surface area contributed by atoms with Crippen LogP contribution >= 0.6 is 0 Å². The number of aliphatic carboxylic acids is 1. The van der Waals surface area contributed by atoms with Gasteiger partial charge in [-0.3, -0.25) is 4.79 Å². The molecule has 114 valence electrons. The predicted octanol–water partition coefficient (Wildman–Crippen LogP) is 1.62. The van der Waals surface area contributed by atoms with Crippen LogP contribution in [0.3, 0.4) is 0 Å². The van der Waals surface area contributed by atoms with E-state index in [0.717, 1.165) is 19.3 Å². The number of rotatable bonds is 5. The van der Waals surface area contributed by atoms with Crippen LogP contribution in [0, 0.1) is 5.92 Å². The maximum Gasteiger partial charge on any atom is 0.326 e. The Morgan fingerprint density at radius 3 is 2.65 bits per heavy atom. The first-order valence-corrected chi connectivity index (χ1v) is 7.78. The maximum atomic E-state index is 12.4. The predicted molar refractivity (Wildman–Crippen MR) is 76.4 cm³/mol. The molecule has 0 radical (unpaired) electrons. The summed E-state index contributed by atoms with van der Waals surface area (Å²) < 4.78 is 0. The van der Waals surface area contributed by atoms with Gasteiger partial charge in [-0.15, -0.1) is 0 Å². The van der Waals surface area contributed by atoms with Gasteiger partial charge in [-0.1, -0.05) is 26.7 Å². The van der Waals surface area contributed by atoms with Crippen molar-refractivity contribution in [2.45, 2.75) is 70.5 Å². The van der Waals surface area contributed by atoms with E-state index < -0.39 is 12.0 Å². The third-order valence-corrected chi connectivity index (χ3v) is 4.55. The van der Waals surface area contributed by atoms with E-state index >= 15 is 0 Å². The Labute approximate surface area is 120 Å². The summed E-state index contributed by atoms with van der Waals surface area (Å²) in [6, 6.07) is -0.0925. The second-order valence-corrected chi connectivity index (χ2v) is 6.36. The Hall–Kier alpha value is -1.10. The lowest BCUT2D eigenvalue weighted by molar-refractivity contribution is -0.149. The molecule has 1 amide bonds. The summed E-state index contributed by atoms with van der Waals surface area (Å²) >= 11 is 0. The van der Waals surface area contributed by atoms with Gasteiger partial charge in [-0.25, -0.2) is 4.79 Å². The summed E-state index contributed by atoms with van der Waals surface area (Å²) in [5.74, 6) is -0.448. The molecule has 0 spiro atoms. The molecular weight excluding hydrogens is 256 g/mol. The smallest absolute Gasteiger partial charge is 0.326 e. The summed E-state index contributed by atoms with van der Waals surface area (Å²) in [5.41, 5.74) is 0. The number of carboxylic acids is 1. The van der Waals surface area contributed by atoms with Crippen LogP contribution in [0.1, 0.15) is 52.4 Å². The number of likely N-dealkylation sites (tertiary alicyclic amines) is 1. The highest BCUT2D eigenvalue weighted by molar-refractivity contribution is 5.84. The van der Waals surface area contributed by atoms with Gasteiger partial charge in [0.1, 0.15) is 6.04 Å². The largest absolute Gasteiger partial charge is 0.480 e. The van der Waals surface area contributed by atoms with Gasteiger partial charge in [0.15, 0.2) is 0 Å². The number of amides is 1. The van der Waals surface area contributed by atoms with Crippen molar-refractivity contribution in [1.82, 2.24) is 10.2 Å². The van der Waals surface area contributed by atoms with E-state index in [4.69, 9.17) is 0 Å². The van der Waals surface area contributed by atoms with Crippen molar-refractivity contribution in [3.05, 3.63) is 0 Å². The Morgan fingerprint density at radius 1 is 1.30 bits per heavy atom. The molecule has 0 aromatic carbocycles. The molecule has 2 rings (SSSR count). The van der Waals surface area contributed by atoms with Gasteiger partial charge in [0.25, 0.3) is 0 Å². The first-order chi connectivity index (χ1) is 9.50. The summed E-state index contributed by atoms with van der Waals surface area (Å²) in [4.78, 5) is 25.5. The number of carbonyl (C=O) groups is 2. The van der Waals surface area contributed by atoms with Crippen LogP contribution in [0.25, 0.3) is 0 Å². The normalized spacial score (nSPS) is 29.6. The first kappa shape index (κ1) is 15.3. The molecule has 2 aliphatic rings. The summed E-state index contributed by atoms with van der Waals surface area (Å²) in [5, 5.41) is 12.6. The molecule has 2 fully saturated rings. The fraction of sp³-hybridized carbons (Fsp3) is 0.867. The molecule has 1 aliphatic carbocycles. The standard InChI is InChI=1S/C15H26N2O3/c1-10(2)16-8-7-14(18)17-12-6-4-3-5-11(12)9-13(17)15(19)20/h10-13,16H,3-9H2,1-2H3,(H,19,20). The average molecular weight is 282 g/mol. The Kier molecular flexibility index (Phi) is 5.02. The van der Waals surface area contributed by atoms with E-state index in [1.807, 2.05) is 13.8 Å². The lowest BCUT2D eigenvalue weighted by Crippen LogP contribution is -2.47. The molecule has 1 heterocycles. The molecule has 1 aliphatic heterocycles. The number of nitrogens with one attached hydrogen (secondary N) is 1. The van der Waals surface area contributed by atoms with Gasteiger partial charge in [0, 0.05) is 25.0 Å². The minimum atomic E-state index is -0.843. The van der Waals surface area contributed by atoms with E-state index in [-0.39, 0.29) is 11.9 Å². The number of nitrogens with zero attached hydrogens (tertiary/aromatic N) is 1. The van der Waals surface area contributed by atoms with E-state index in [0.29, 0.717) is 31.3 Å². The van der Waals surface area contributed by atoms with Crippen LogP contribution in [0.4, 0.5) is 0 Å². The van der Waals surface area contributed by atoms with Crippen LogP contribution in [0.2, 0.25) is 0 Å². The van der Waals surface area contributed by atoms with E-state index in [1.54, 1.807) is 4.90 Å². The van der Waals surface area contributed by atoms with Crippen LogP contribution in [-0.2, 0) is 9.59 Å². The number of fused-ring (bicyclic) bond motifs is 1. The first-order valence-electron chi connectivity index (χ1n) is 7.78. The highest BCUT2D eigenvalue weighted by Crippen LogP contribution is 2.40. The minimum Gasteiger partial charge on any atom is -0.480 e. The van der Waals surface area contributed by atoms with Crippen molar-refractivity contribution in [1.29, 1.82) is 0 Å². The lowest BCUT2D eigenvalue weighted by atomic mass is 9.84. The van der Waals surface area contributed by atoms with Crippen molar-refractivity contribution in [3.63, 3.8) is 0 Å². The molecule has 3 unspecified atom stereocenters. The topological polar surface area (TPSA) is 69.6 Å². The van der Waals surface area contributed by atoms with Crippen LogP contribution in [0.15, 0.2) is 0 Å². The SMILES string of the molecule is CC(C)NCCC(=O)N1C(C(=O)O)CC2CCCCC21. The number of carbonyl (C=O) groups excluding carboxylic acids is 1. The number of hydrogen-bond donors (Lipinski definition) is 2. The van der Waals surface area contributed by atoms with Gasteiger partial charge in [-0.05, 0) is 25.2 Å². The molecule has 1 saturated carbocycles. The third kappa shape index (κ3) is 3.32. The molecule has 2 N–H and O–H groups in total. The molecule has 0 bridgehead atoms. The Bertz CT molecular complexity index is 370. The highest BCUT2D eigenvalue weighted by Gasteiger charge is 2.47. The minimum absolute atomic E-state index is 0.0000463. The molecule has 5 heteroatoms. The van der Waals surface area contributed by atoms with Crippen molar-refractivity contribution >= 4 is 11.9 Å². The molecule has 0 aromatic heterocycles. The zero-order chi connectivity index (χ0) is 14.7. The quantitative estimate of drug-likeness (QED) is 0.804. The van der Waals surface area contributed by atoms with Crippen molar-refractivity contribution in [2.24, 2.45) is 5.92 Å². The second-order valence-electron chi connectivity index (χ2n) is 6.36. The average Bonchev–Trinajstić information content (AvgIpc) is 2.77. The van der Waals surface area contributed by atoms with Crippen LogP contribution < -0.4 is 5.32 Å². The summed E-state index contributed by atoms with van der Waals surface area (Å²) in [7, 11) is 0. The zero-order valence-electron chi connectivity index (χ0n) is 12.5. The molecule has 1 saturated heterocycles. The van der Waals surface area contributed by atoms with Crippen molar-refractivity contribution in [3.8, 4) is 0 Å². The van der Waals surface area contributed by atoms with Gasteiger partial charge in [0.05, 0.1) is 0 Å². The van der Waals surface area contributed by atoms with Crippen LogP contribution in [0.5, 0.6) is 0 Å². The molecule has 3 atom stereocenters. The Balaban J connectivity index is 2.01. The van der Waals surface area contributed by atoms with Gasteiger partial charge >= 0.3 is 5.97 Å². The highest BCUT2D eigenvalue weighted by atomic mass is 16.4. The maximum absolute atomic E-state index is 12.4. The van der Waals surface area contributed by atoms with Gasteiger partial charge < -0.3 is 15.3 Å². The van der Waals surface area contributed by atoms with Crippen molar-refractivity contribution < 1.29 is 14.7 Å². The molecule has 20 heavy (non-hydrogen) atoms. The number of carboxylic acid groups (broad SMARTS) is 1. The summed E-state index contributed by atoms with van der Waals surface area (Å²) in [6.07, 6.45) is 5.36. The monoisotopic (exact) mass is 282 g/mol. The Morgan fingerprint density at radius 2 is 2.00 bits per heavy atom.